The molecular formula is C19H25N3O2. The fourth-order valence-electron chi connectivity index (χ4n) is 3.36. The first-order valence-corrected chi connectivity index (χ1v) is 8.66. The number of aromatic amines is 1. The van der Waals surface area contributed by atoms with Crippen LogP contribution in [0.5, 0.6) is 5.75 Å². The second-order valence-electron chi connectivity index (χ2n) is 6.54. The third kappa shape index (κ3) is 4.03. The van der Waals surface area contributed by atoms with Gasteiger partial charge in [0.1, 0.15) is 5.75 Å². The molecule has 128 valence electrons. The molecule has 0 amide bonds. The highest BCUT2D eigenvalue weighted by molar-refractivity contribution is 5.66. The summed E-state index contributed by atoms with van der Waals surface area (Å²) in [5.41, 5.74) is 2.72. The van der Waals surface area contributed by atoms with Crippen LogP contribution in [0.3, 0.4) is 0 Å². The second-order valence-corrected chi connectivity index (χ2v) is 6.54. The smallest absolute Gasteiger partial charge is 0.264 e. The fraction of sp³-hybridized carbons (Fsp3) is 0.474. The summed E-state index contributed by atoms with van der Waals surface area (Å²) in [6.07, 6.45) is 5.35. The normalized spacial score (nSPS) is 18.0. The highest BCUT2D eigenvalue weighted by Crippen LogP contribution is 2.25. The Kier molecular flexibility index (Phi) is 5.30. The van der Waals surface area contributed by atoms with Gasteiger partial charge in [-0.25, -0.2) is 5.10 Å². The Morgan fingerprint density at radius 1 is 1.38 bits per heavy atom. The van der Waals surface area contributed by atoms with Crippen molar-refractivity contribution in [3.05, 3.63) is 46.4 Å². The maximum Gasteiger partial charge on any atom is 0.264 e. The molecule has 1 atom stereocenters. The molecule has 1 N–H and O–H groups in total. The number of benzene rings is 1. The third-order valence-electron chi connectivity index (χ3n) is 4.72. The predicted molar refractivity (Wildman–Crippen MR) is 95.4 cm³/mol. The van der Waals surface area contributed by atoms with Gasteiger partial charge in [0.2, 0.25) is 0 Å². The van der Waals surface area contributed by atoms with Gasteiger partial charge in [0.05, 0.1) is 12.8 Å². The van der Waals surface area contributed by atoms with E-state index in [4.69, 9.17) is 4.74 Å². The maximum atomic E-state index is 11.4. The Hall–Kier alpha value is -2.14. The number of aromatic nitrogens is 2. The molecule has 1 unspecified atom stereocenters. The standard InChI is InChI=1S/C19H25N3O2/c1-14-11-17(24-10-4-9-22-8-3-5-15(22)2)6-7-18(14)16-12-19(23)21-20-13-16/h6-7,11-13,15H,3-5,8-10H2,1-2H3,(H,21,23). The molecule has 2 aromatic rings. The van der Waals surface area contributed by atoms with Gasteiger partial charge >= 0.3 is 0 Å². The van der Waals surface area contributed by atoms with Gasteiger partial charge in [-0.05, 0) is 62.9 Å². The zero-order valence-electron chi connectivity index (χ0n) is 14.4. The Morgan fingerprint density at radius 2 is 2.25 bits per heavy atom. The molecule has 0 aliphatic carbocycles. The summed E-state index contributed by atoms with van der Waals surface area (Å²) < 4.78 is 5.89. The average Bonchev–Trinajstić information content (AvgIpc) is 2.97. The summed E-state index contributed by atoms with van der Waals surface area (Å²) in [6, 6.07) is 8.25. The van der Waals surface area contributed by atoms with E-state index in [-0.39, 0.29) is 5.56 Å². The van der Waals surface area contributed by atoms with Crippen LogP contribution in [-0.2, 0) is 0 Å². The molecule has 1 aromatic heterocycles. The summed E-state index contributed by atoms with van der Waals surface area (Å²) in [6.45, 7) is 7.39. The minimum Gasteiger partial charge on any atom is -0.494 e. The number of ether oxygens (including phenoxy) is 1. The van der Waals surface area contributed by atoms with Gasteiger partial charge in [-0.2, -0.15) is 5.10 Å². The van der Waals surface area contributed by atoms with E-state index in [0.29, 0.717) is 6.04 Å². The minimum atomic E-state index is -0.191. The highest BCUT2D eigenvalue weighted by Gasteiger charge is 2.19. The number of rotatable bonds is 6. The van der Waals surface area contributed by atoms with Gasteiger partial charge in [0, 0.05) is 24.2 Å². The molecule has 5 nitrogen and oxygen atoms in total. The van der Waals surface area contributed by atoms with Crippen LogP contribution >= 0.6 is 0 Å². The lowest BCUT2D eigenvalue weighted by molar-refractivity contribution is 0.230. The molecule has 1 aliphatic heterocycles. The zero-order valence-corrected chi connectivity index (χ0v) is 14.4. The van der Waals surface area contributed by atoms with Crippen molar-refractivity contribution < 1.29 is 4.74 Å². The number of aryl methyl sites for hydroxylation is 1. The van der Waals surface area contributed by atoms with Gasteiger partial charge in [0.15, 0.2) is 0 Å². The van der Waals surface area contributed by atoms with Gasteiger partial charge in [-0.3, -0.25) is 4.79 Å². The van der Waals surface area contributed by atoms with Crippen molar-refractivity contribution in [2.75, 3.05) is 19.7 Å². The van der Waals surface area contributed by atoms with Crippen LogP contribution in [-0.4, -0.2) is 40.8 Å². The monoisotopic (exact) mass is 327 g/mol. The fourth-order valence-corrected chi connectivity index (χ4v) is 3.36. The molecule has 0 saturated carbocycles. The van der Waals surface area contributed by atoms with Gasteiger partial charge in [0.25, 0.3) is 5.56 Å². The topological polar surface area (TPSA) is 58.2 Å². The number of hydrogen-bond acceptors (Lipinski definition) is 4. The molecule has 1 aromatic carbocycles. The van der Waals surface area contributed by atoms with E-state index in [1.807, 2.05) is 25.1 Å². The number of nitrogens with one attached hydrogen (secondary N) is 1. The lowest BCUT2D eigenvalue weighted by Gasteiger charge is -2.20. The predicted octanol–water partition coefficient (Wildman–Crippen LogP) is 3.00. The molecule has 0 bridgehead atoms. The van der Waals surface area contributed by atoms with E-state index >= 15 is 0 Å². The quantitative estimate of drug-likeness (QED) is 0.829. The van der Waals surface area contributed by atoms with E-state index in [2.05, 4.69) is 22.0 Å². The first-order chi connectivity index (χ1) is 11.6. The number of hydrogen-bond donors (Lipinski definition) is 1. The van der Waals surface area contributed by atoms with Crippen LogP contribution < -0.4 is 10.3 Å². The van der Waals surface area contributed by atoms with E-state index in [1.165, 1.54) is 19.4 Å². The van der Waals surface area contributed by atoms with Gasteiger partial charge in [-0.15, -0.1) is 0 Å². The number of nitrogens with zero attached hydrogens (tertiary/aromatic N) is 2. The van der Waals surface area contributed by atoms with Crippen LogP contribution in [0.4, 0.5) is 0 Å². The van der Waals surface area contributed by atoms with Crippen molar-refractivity contribution in [3.8, 4) is 16.9 Å². The second kappa shape index (κ2) is 7.62. The molecular weight excluding hydrogens is 302 g/mol. The number of H-pyrrole nitrogens is 1. The third-order valence-corrected chi connectivity index (χ3v) is 4.72. The molecule has 0 spiro atoms. The lowest BCUT2D eigenvalue weighted by Crippen LogP contribution is -2.28. The molecule has 5 heteroatoms. The average molecular weight is 327 g/mol. The Balaban J connectivity index is 1.56. The zero-order chi connectivity index (χ0) is 16.9. The Labute approximate surface area is 142 Å². The molecule has 24 heavy (non-hydrogen) atoms. The number of likely N-dealkylation sites (tertiary alicyclic amines) is 1. The summed E-state index contributed by atoms with van der Waals surface area (Å²) >= 11 is 0. The van der Waals surface area contributed by atoms with Crippen molar-refractivity contribution in [2.45, 2.75) is 39.2 Å². The van der Waals surface area contributed by atoms with Crippen molar-refractivity contribution in [1.82, 2.24) is 15.1 Å². The molecule has 1 saturated heterocycles. The van der Waals surface area contributed by atoms with Crippen LogP contribution in [0.1, 0.15) is 31.7 Å². The lowest BCUT2D eigenvalue weighted by atomic mass is 10.0. The van der Waals surface area contributed by atoms with Crippen LogP contribution in [0.2, 0.25) is 0 Å². The van der Waals surface area contributed by atoms with E-state index in [0.717, 1.165) is 42.0 Å². The first kappa shape index (κ1) is 16.7. The van der Waals surface area contributed by atoms with Crippen LogP contribution in [0.15, 0.2) is 35.3 Å². The van der Waals surface area contributed by atoms with E-state index in [1.54, 1.807) is 12.3 Å². The Bertz CT molecular complexity index is 741. The van der Waals surface area contributed by atoms with Crippen molar-refractivity contribution >= 4 is 0 Å². The summed E-state index contributed by atoms with van der Waals surface area (Å²) in [5.74, 6) is 0.878. The van der Waals surface area contributed by atoms with Crippen molar-refractivity contribution in [2.24, 2.45) is 0 Å². The Morgan fingerprint density at radius 3 is 2.96 bits per heavy atom. The minimum absolute atomic E-state index is 0.191. The summed E-state index contributed by atoms with van der Waals surface area (Å²) in [5, 5.41) is 6.25. The largest absolute Gasteiger partial charge is 0.494 e. The SMILES string of the molecule is Cc1cc(OCCCN2CCCC2C)ccc1-c1cn[nH]c(=O)c1. The van der Waals surface area contributed by atoms with E-state index < -0.39 is 0 Å². The van der Waals surface area contributed by atoms with Gasteiger partial charge in [-0.1, -0.05) is 6.07 Å². The maximum absolute atomic E-state index is 11.4. The molecule has 2 heterocycles. The summed E-state index contributed by atoms with van der Waals surface area (Å²) in [7, 11) is 0. The summed E-state index contributed by atoms with van der Waals surface area (Å²) in [4.78, 5) is 13.9. The van der Waals surface area contributed by atoms with Gasteiger partial charge < -0.3 is 9.64 Å². The molecule has 1 fully saturated rings. The van der Waals surface area contributed by atoms with Crippen LogP contribution in [0, 0.1) is 6.92 Å². The molecule has 0 radical (unpaired) electrons. The van der Waals surface area contributed by atoms with E-state index in [9.17, 15) is 4.79 Å². The highest BCUT2D eigenvalue weighted by atomic mass is 16.5. The first-order valence-electron chi connectivity index (χ1n) is 8.66. The van der Waals surface area contributed by atoms with Crippen molar-refractivity contribution in [1.29, 1.82) is 0 Å². The molecule has 1 aliphatic rings. The van der Waals surface area contributed by atoms with Crippen LogP contribution in [0.25, 0.3) is 11.1 Å². The van der Waals surface area contributed by atoms with Crippen molar-refractivity contribution in [3.63, 3.8) is 0 Å². The molecule has 3 rings (SSSR count).